The lowest BCUT2D eigenvalue weighted by Crippen LogP contribution is -2.61. The Morgan fingerprint density at radius 2 is 0.625 bits per heavy atom. The number of furan rings is 1. The maximum absolute atomic E-state index is 7.25. The van der Waals surface area contributed by atoms with E-state index in [2.05, 4.69) is 394 Å². The number of nitrogens with zero attached hydrogens (tertiary/aromatic N) is 4. The van der Waals surface area contributed by atoms with Gasteiger partial charge in [-0.05, 0) is 169 Å². The first kappa shape index (κ1) is 61.3. The Morgan fingerprint density at radius 3 is 1.03 bits per heavy atom. The molecule has 0 N–H and O–H groups in total. The van der Waals surface area contributed by atoms with Crippen LogP contribution < -0.4 is 26.2 Å². The van der Waals surface area contributed by atoms with Gasteiger partial charge in [0.2, 0.25) is 0 Å². The lowest BCUT2D eigenvalue weighted by Gasteiger charge is -2.46. The average Bonchev–Trinajstić information content (AvgIpc) is 1.12. The zero-order valence-electron chi connectivity index (χ0n) is 59.0. The summed E-state index contributed by atoms with van der Waals surface area (Å²) in [6.07, 6.45) is 0. The maximum atomic E-state index is 7.25. The maximum Gasteiger partial charge on any atom is 0.252 e. The normalized spacial score (nSPS) is 12.8. The number of benzene rings is 15. The molecule has 0 unspecified atom stereocenters. The highest BCUT2D eigenvalue weighted by Crippen LogP contribution is 2.57. The van der Waals surface area contributed by atoms with Gasteiger partial charge in [0.1, 0.15) is 11.2 Å². The molecule has 0 fully saturated rings. The predicted molar refractivity (Wildman–Crippen MR) is 441 cm³/mol. The zero-order valence-corrected chi connectivity index (χ0v) is 59.0. The summed E-state index contributed by atoms with van der Waals surface area (Å²) in [5, 5.41) is 6.88. The van der Waals surface area contributed by atoms with Crippen LogP contribution in [0, 0.1) is 0 Å². The second kappa shape index (κ2) is 23.5. The summed E-state index contributed by atoms with van der Waals surface area (Å²) >= 11 is 0. The van der Waals surface area contributed by atoms with E-state index in [0.29, 0.717) is 0 Å². The van der Waals surface area contributed by atoms with E-state index in [1.54, 1.807) is 0 Å². The Bertz CT molecular complexity index is 6020. The molecule has 0 radical (unpaired) electrons. The number of anilines is 6. The molecule has 20 rings (SSSR count). The Morgan fingerprint density at radius 1 is 0.269 bits per heavy atom. The van der Waals surface area contributed by atoms with Gasteiger partial charge in [-0.15, -0.1) is 0 Å². The van der Waals surface area contributed by atoms with Gasteiger partial charge in [-0.1, -0.05) is 272 Å². The molecule has 494 valence electrons. The van der Waals surface area contributed by atoms with Crippen molar-refractivity contribution >= 4 is 123 Å². The molecular weight excluding hydrogens is 1260 g/mol. The molecule has 18 aromatic rings. The molecule has 0 saturated carbocycles. The number of fused-ring (bicyclic) bond motifs is 13. The Balaban J connectivity index is 1.04. The van der Waals surface area contributed by atoms with Gasteiger partial charge >= 0.3 is 0 Å². The van der Waals surface area contributed by atoms with Crippen LogP contribution in [0.1, 0.15) is 52.7 Å². The van der Waals surface area contributed by atoms with Crippen molar-refractivity contribution in [3.05, 3.63) is 345 Å². The van der Waals surface area contributed by atoms with Crippen LogP contribution in [-0.4, -0.2) is 15.8 Å². The number of para-hydroxylation sites is 6. The lowest BCUT2D eigenvalue weighted by molar-refractivity contribution is 0.590. The first-order valence-corrected chi connectivity index (χ1v) is 36.4. The van der Waals surface area contributed by atoms with E-state index < -0.39 is 0 Å². The van der Waals surface area contributed by atoms with Crippen molar-refractivity contribution in [2.24, 2.45) is 0 Å². The molecule has 0 saturated heterocycles. The number of hydrogen-bond acceptors (Lipinski definition) is 3. The molecular formula is C98H73BN4O. The van der Waals surface area contributed by atoms with Gasteiger partial charge < -0.3 is 23.4 Å². The van der Waals surface area contributed by atoms with Crippen LogP contribution in [0.4, 0.5) is 34.1 Å². The molecule has 2 aliphatic rings. The molecule has 0 amide bonds. The number of aromatic nitrogens is 2. The van der Waals surface area contributed by atoms with Crippen molar-refractivity contribution < 1.29 is 4.42 Å². The van der Waals surface area contributed by atoms with E-state index in [9.17, 15) is 0 Å². The third kappa shape index (κ3) is 9.55. The SMILES string of the molecule is CC(C)(C)c1cc(-c2ccccc2)c(N2c3cc4c5ccccc5n(-c5ccccc5)c4cc3B3c4cc5c(cc4N(c4c(-c6ccccc6)cc(C(C)(C)C)cc4-c4ccccc4)c4cc(-c6cccc7c6oc6ccccc67)cc2c43)c2ccccc2n5-c2ccccc2)c(-c2ccccc2)c1. The van der Waals surface area contributed by atoms with E-state index in [-0.39, 0.29) is 17.5 Å². The van der Waals surface area contributed by atoms with Crippen LogP contribution in [0.3, 0.4) is 0 Å². The molecule has 2 aliphatic heterocycles. The molecule has 3 aromatic heterocycles. The molecule has 15 aromatic carbocycles. The minimum Gasteiger partial charge on any atom is -0.455 e. The van der Waals surface area contributed by atoms with Gasteiger partial charge in [-0.25, -0.2) is 0 Å². The third-order valence-corrected chi connectivity index (χ3v) is 22.1. The largest absolute Gasteiger partial charge is 0.455 e. The summed E-state index contributed by atoms with van der Waals surface area (Å²) in [6.45, 7) is 13.8. The number of hydrogen-bond donors (Lipinski definition) is 0. The van der Waals surface area contributed by atoms with Crippen molar-refractivity contribution in [3.63, 3.8) is 0 Å². The van der Waals surface area contributed by atoms with E-state index >= 15 is 0 Å². The summed E-state index contributed by atoms with van der Waals surface area (Å²) in [6, 6.07) is 125. The molecule has 104 heavy (non-hydrogen) atoms. The topological polar surface area (TPSA) is 29.5 Å². The van der Waals surface area contributed by atoms with Crippen molar-refractivity contribution in [2.45, 2.75) is 52.4 Å². The fourth-order valence-electron chi connectivity index (χ4n) is 17.2. The van der Waals surface area contributed by atoms with Crippen LogP contribution in [-0.2, 0) is 10.8 Å². The fourth-order valence-corrected chi connectivity index (χ4v) is 17.2. The second-order valence-electron chi connectivity index (χ2n) is 30.3. The number of rotatable bonds is 9. The fraction of sp³-hybridized carbons (Fsp3) is 0.0816. The average molecular weight is 1330 g/mol. The quantitative estimate of drug-likeness (QED) is 0.135. The third-order valence-electron chi connectivity index (χ3n) is 22.1. The Hall–Kier alpha value is -12.6. The van der Waals surface area contributed by atoms with Crippen molar-refractivity contribution in [1.29, 1.82) is 0 Å². The minimum absolute atomic E-state index is 0.223. The summed E-state index contributed by atoms with van der Waals surface area (Å²) in [5.41, 5.74) is 31.9. The Kier molecular flexibility index (Phi) is 13.8. The van der Waals surface area contributed by atoms with Crippen LogP contribution in [0.15, 0.2) is 338 Å². The van der Waals surface area contributed by atoms with Crippen molar-refractivity contribution in [3.8, 4) is 67.0 Å². The predicted octanol–water partition coefficient (Wildman–Crippen LogP) is 24.8. The highest BCUT2D eigenvalue weighted by molar-refractivity contribution is 7.00. The summed E-state index contributed by atoms with van der Waals surface area (Å²) in [7, 11) is 0. The van der Waals surface area contributed by atoms with Gasteiger partial charge in [0.15, 0.2) is 0 Å². The van der Waals surface area contributed by atoms with E-state index in [1.165, 1.54) is 49.1 Å². The van der Waals surface area contributed by atoms with Gasteiger partial charge in [0, 0.05) is 94.3 Å². The zero-order chi connectivity index (χ0) is 69.7. The molecule has 0 spiro atoms. The van der Waals surface area contributed by atoms with Gasteiger partial charge in [0.25, 0.3) is 6.71 Å². The molecule has 0 aliphatic carbocycles. The van der Waals surface area contributed by atoms with Crippen LogP contribution >= 0.6 is 0 Å². The van der Waals surface area contributed by atoms with Crippen molar-refractivity contribution in [2.75, 3.05) is 9.80 Å². The summed E-state index contributed by atoms with van der Waals surface area (Å²) < 4.78 is 12.3. The molecule has 0 atom stereocenters. The Labute approximate surface area is 606 Å². The highest BCUT2D eigenvalue weighted by atomic mass is 16.3. The molecule has 5 nitrogen and oxygen atoms in total. The smallest absolute Gasteiger partial charge is 0.252 e. The van der Waals surface area contributed by atoms with Crippen LogP contribution in [0.5, 0.6) is 0 Å². The van der Waals surface area contributed by atoms with Crippen LogP contribution in [0.25, 0.3) is 133 Å². The second-order valence-corrected chi connectivity index (χ2v) is 30.3. The first-order chi connectivity index (χ1) is 50.9. The summed E-state index contributed by atoms with van der Waals surface area (Å²) in [4.78, 5) is 5.44. The summed E-state index contributed by atoms with van der Waals surface area (Å²) in [5.74, 6) is 0. The van der Waals surface area contributed by atoms with Crippen LogP contribution in [0.2, 0.25) is 0 Å². The van der Waals surface area contributed by atoms with Gasteiger partial charge in [0.05, 0.1) is 33.4 Å². The van der Waals surface area contributed by atoms with E-state index in [4.69, 9.17) is 4.42 Å². The molecule has 0 bridgehead atoms. The standard InChI is InChI=1S/C98H73BN4O/c1-97(2,3)67-54-76(62-32-13-7-14-33-62)94(77(55-67)63-34-15-8-16-35-63)102-88-58-80-72-44-25-28-49-84(72)100(69-40-21-11-22-41-69)86(80)60-82(88)99-83-61-87-81(73-45-26-29-50-85(73)101(87)70-42-23-12-24-43-70)59-89(83)103(91-53-66(52-90(102)93(91)99)71-47-31-48-75-74-46-27-30-51-92(74)104-96(71)75)95-78(64-36-17-9-18-37-64)56-68(98(4,5)6)57-79(95)65-38-19-10-20-39-65/h7-61H,1-6H3. The highest BCUT2D eigenvalue weighted by Gasteiger charge is 2.47. The molecule has 6 heteroatoms. The van der Waals surface area contributed by atoms with Crippen molar-refractivity contribution in [1.82, 2.24) is 9.13 Å². The minimum atomic E-state index is -0.352. The monoisotopic (exact) mass is 1330 g/mol. The lowest BCUT2D eigenvalue weighted by atomic mass is 9.33. The molecule has 5 heterocycles. The van der Waals surface area contributed by atoms with E-state index in [1.807, 2.05) is 0 Å². The van der Waals surface area contributed by atoms with Gasteiger partial charge in [-0.3, -0.25) is 0 Å². The first-order valence-electron chi connectivity index (χ1n) is 36.4. The van der Waals surface area contributed by atoms with E-state index in [0.717, 1.165) is 145 Å². The van der Waals surface area contributed by atoms with Gasteiger partial charge in [-0.2, -0.15) is 0 Å².